The Morgan fingerprint density at radius 3 is 2.36 bits per heavy atom. The average molecular weight is 377 g/mol. The third-order valence-corrected chi connectivity index (χ3v) is 6.70. The summed E-state index contributed by atoms with van der Waals surface area (Å²) < 4.78 is 1.65. The van der Waals surface area contributed by atoms with E-state index >= 15 is 0 Å². The molecule has 0 radical (unpaired) electrons. The summed E-state index contributed by atoms with van der Waals surface area (Å²) in [7, 11) is 0. The first-order valence-corrected chi connectivity index (χ1v) is 10.6. The Labute approximate surface area is 165 Å². The zero-order valence-corrected chi connectivity index (χ0v) is 16.2. The molecule has 2 heterocycles. The Morgan fingerprint density at radius 2 is 1.71 bits per heavy atom. The van der Waals surface area contributed by atoms with Crippen LogP contribution in [0.25, 0.3) is 0 Å². The fourth-order valence-corrected chi connectivity index (χ4v) is 4.57. The molecule has 5 rings (SSSR count). The Bertz CT molecular complexity index is 920. The van der Waals surface area contributed by atoms with Crippen LogP contribution in [-0.4, -0.2) is 33.7 Å². The molecule has 3 aliphatic rings. The molecule has 2 aliphatic carbocycles. The molecule has 146 valence electrons. The van der Waals surface area contributed by atoms with E-state index in [4.69, 9.17) is 0 Å². The highest BCUT2D eigenvalue weighted by Crippen LogP contribution is 2.50. The fourth-order valence-electron chi connectivity index (χ4n) is 4.57. The van der Waals surface area contributed by atoms with E-state index in [1.165, 1.54) is 12.8 Å². The number of carbonyl (C=O) groups is 1. The molecular formula is C23H27N3O2. The van der Waals surface area contributed by atoms with Gasteiger partial charge in [-0.1, -0.05) is 30.3 Å². The molecule has 2 aromatic rings. The lowest BCUT2D eigenvalue weighted by atomic mass is 9.91. The van der Waals surface area contributed by atoms with Gasteiger partial charge in [-0.3, -0.25) is 9.59 Å². The lowest BCUT2D eigenvalue weighted by Gasteiger charge is -2.34. The maximum Gasteiger partial charge on any atom is 0.266 e. The molecule has 1 aromatic heterocycles. The summed E-state index contributed by atoms with van der Waals surface area (Å²) in [6.45, 7) is 2.25. The molecular weight excluding hydrogens is 350 g/mol. The molecule has 0 atom stereocenters. The minimum Gasteiger partial charge on any atom is -0.342 e. The summed E-state index contributed by atoms with van der Waals surface area (Å²) in [4.78, 5) is 27.4. The molecule has 0 N–H and O–H groups in total. The minimum atomic E-state index is -0.273. The predicted molar refractivity (Wildman–Crippen MR) is 107 cm³/mol. The highest BCUT2D eigenvalue weighted by Gasteiger charge is 2.53. The van der Waals surface area contributed by atoms with Crippen LogP contribution in [0.2, 0.25) is 0 Å². The number of amides is 1. The second-order valence-electron chi connectivity index (χ2n) is 8.74. The van der Waals surface area contributed by atoms with Crippen molar-refractivity contribution in [3.63, 3.8) is 0 Å². The van der Waals surface area contributed by atoms with E-state index in [0.29, 0.717) is 24.3 Å². The molecule has 0 bridgehead atoms. The molecule has 5 heteroatoms. The van der Waals surface area contributed by atoms with Crippen molar-refractivity contribution in [2.24, 2.45) is 5.92 Å². The topological polar surface area (TPSA) is 55.2 Å². The first-order chi connectivity index (χ1) is 13.7. The first kappa shape index (κ1) is 17.7. The molecule has 28 heavy (non-hydrogen) atoms. The number of carbonyl (C=O) groups excluding carboxylic acids is 1. The van der Waals surface area contributed by atoms with Crippen LogP contribution in [-0.2, 0) is 16.8 Å². The van der Waals surface area contributed by atoms with Gasteiger partial charge in [0.15, 0.2) is 0 Å². The van der Waals surface area contributed by atoms with Crippen molar-refractivity contribution in [2.75, 3.05) is 13.1 Å². The predicted octanol–water partition coefficient (Wildman–Crippen LogP) is 3.09. The van der Waals surface area contributed by atoms with Crippen LogP contribution in [0.4, 0.5) is 0 Å². The van der Waals surface area contributed by atoms with Crippen molar-refractivity contribution in [2.45, 2.75) is 56.4 Å². The summed E-state index contributed by atoms with van der Waals surface area (Å²) in [6, 6.07) is 13.8. The molecule has 5 nitrogen and oxygen atoms in total. The molecule has 1 saturated heterocycles. The van der Waals surface area contributed by atoms with Crippen LogP contribution >= 0.6 is 0 Å². The summed E-state index contributed by atoms with van der Waals surface area (Å²) in [5, 5.41) is 4.60. The van der Waals surface area contributed by atoms with E-state index < -0.39 is 0 Å². The maximum absolute atomic E-state index is 13.2. The highest BCUT2D eigenvalue weighted by atomic mass is 16.2. The molecule has 1 amide bonds. The molecule has 3 fully saturated rings. The smallest absolute Gasteiger partial charge is 0.266 e. The van der Waals surface area contributed by atoms with Gasteiger partial charge < -0.3 is 4.90 Å². The van der Waals surface area contributed by atoms with Crippen molar-refractivity contribution in [3.05, 3.63) is 64.1 Å². The molecule has 2 saturated carbocycles. The van der Waals surface area contributed by atoms with Crippen molar-refractivity contribution in [1.82, 2.24) is 14.7 Å². The second kappa shape index (κ2) is 6.87. The number of piperidine rings is 1. The van der Waals surface area contributed by atoms with Crippen LogP contribution < -0.4 is 5.56 Å². The van der Waals surface area contributed by atoms with Gasteiger partial charge in [-0.05, 0) is 56.1 Å². The van der Waals surface area contributed by atoms with Gasteiger partial charge in [-0.25, -0.2) is 4.68 Å². The second-order valence-corrected chi connectivity index (χ2v) is 8.74. The van der Waals surface area contributed by atoms with Crippen molar-refractivity contribution >= 4 is 5.91 Å². The Morgan fingerprint density at radius 1 is 1.00 bits per heavy atom. The van der Waals surface area contributed by atoms with Gasteiger partial charge in [0.2, 0.25) is 5.91 Å². The lowest BCUT2D eigenvalue weighted by molar-refractivity contribution is -0.135. The molecule has 0 unspecified atom stereocenters. The van der Waals surface area contributed by atoms with Gasteiger partial charge in [-0.2, -0.15) is 5.10 Å². The number of hydrogen-bond acceptors (Lipinski definition) is 3. The molecule has 1 aromatic carbocycles. The average Bonchev–Trinajstić information content (AvgIpc) is 3.64. The number of hydrogen-bond donors (Lipinski definition) is 0. The van der Waals surface area contributed by atoms with Crippen LogP contribution in [0, 0.1) is 5.92 Å². The summed E-state index contributed by atoms with van der Waals surface area (Å²) in [5.41, 5.74) is 1.94. The van der Waals surface area contributed by atoms with Gasteiger partial charge in [0.05, 0.1) is 11.1 Å². The van der Waals surface area contributed by atoms with Crippen LogP contribution in [0.5, 0.6) is 0 Å². The van der Waals surface area contributed by atoms with Gasteiger partial charge in [0, 0.05) is 31.6 Å². The fraction of sp³-hybridized carbons (Fsp3) is 0.522. The van der Waals surface area contributed by atoms with E-state index in [9.17, 15) is 9.59 Å². The van der Waals surface area contributed by atoms with Gasteiger partial charge in [0.1, 0.15) is 0 Å². The summed E-state index contributed by atoms with van der Waals surface area (Å²) >= 11 is 0. The molecule has 0 spiro atoms. The van der Waals surface area contributed by atoms with Gasteiger partial charge >= 0.3 is 0 Å². The van der Waals surface area contributed by atoms with Crippen molar-refractivity contribution in [3.8, 4) is 0 Å². The van der Waals surface area contributed by atoms with Gasteiger partial charge in [0.25, 0.3) is 5.56 Å². The van der Waals surface area contributed by atoms with E-state index in [2.05, 4.69) is 17.2 Å². The van der Waals surface area contributed by atoms with Crippen LogP contribution in [0.3, 0.4) is 0 Å². The molecule has 1 aliphatic heterocycles. The minimum absolute atomic E-state index is 0.0103. The quantitative estimate of drug-likeness (QED) is 0.805. The van der Waals surface area contributed by atoms with Crippen LogP contribution in [0.15, 0.2) is 47.3 Å². The zero-order chi connectivity index (χ0) is 19.1. The number of aromatic nitrogens is 2. The first-order valence-electron chi connectivity index (χ1n) is 10.6. The van der Waals surface area contributed by atoms with E-state index in [1.807, 2.05) is 29.2 Å². The number of rotatable bonds is 5. The normalized spacial score (nSPS) is 21.5. The van der Waals surface area contributed by atoms with Gasteiger partial charge in [-0.15, -0.1) is 0 Å². The van der Waals surface area contributed by atoms with E-state index in [0.717, 1.165) is 50.0 Å². The largest absolute Gasteiger partial charge is 0.342 e. The van der Waals surface area contributed by atoms with Crippen LogP contribution in [0.1, 0.15) is 55.7 Å². The Hall–Kier alpha value is -2.43. The SMILES string of the molecule is O=C(N1CCC(Cn2nc(C3CC3)ccc2=O)CC1)C1(c2ccccc2)CC1. The standard InChI is InChI=1S/C23H27N3O2/c27-21-9-8-20(18-6-7-18)24-26(21)16-17-10-14-25(15-11-17)22(28)23(12-13-23)19-4-2-1-3-5-19/h1-5,8-9,17-18H,6-7,10-16H2. The van der Waals surface area contributed by atoms with E-state index in [-0.39, 0.29) is 11.0 Å². The zero-order valence-electron chi connectivity index (χ0n) is 16.2. The monoisotopic (exact) mass is 377 g/mol. The number of benzene rings is 1. The third kappa shape index (κ3) is 3.27. The lowest BCUT2D eigenvalue weighted by Crippen LogP contribution is -2.45. The van der Waals surface area contributed by atoms with Crippen molar-refractivity contribution in [1.29, 1.82) is 0 Å². The summed E-state index contributed by atoms with van der Waals surface area (Å²) in [5.74, 6) is 1.26. The Balaban J connectivity index is 1.22. The highest BCUT2D eigenvalue weighted by molar-refractivity contribution is 5.91. The summed E-state index contributed by atoms with van der Waals surface area (Å²) in [6.07, 6.45) is 6.19. The number of likely N-dealkylation sites (tertiary alicyclic amines) is 1. The van der Waals surface area contributed by atoms with E-state index in [1.54, 1.807) is 10.7 Å². The third-order valence-electron chi connectivity index (χ3n) is 6.70. The maximum atomic E-state index is 13.2. The number of nitrogens with zero attached hydrogens (tertiary/aromatic N) is 3. The van der Waals surface area contributed by atoms with Crippen molar-refractivity contribution < 1.29 is 4.79 Å². The Kier molecular flexibility index (Phi) is 4.33.